The summed E-state index contributed by atoms with van der Waals surface area (Å²) in [4.78, 5) is 26.4. The Morgan fingerprint density at radius 2 is 2.00 bits per heavy atom. The molecule has 2 aromatic carbocycles. The van der Waals surface area contributed by atoms with E-state index in [9.17, 15) is 9.59 Å². The maximum absolute atomic E-state index is 13.0. The van der Waals surface area contributed by atoms with Crippen molar-refractivity contribution in [1.82, 2.24) is 0 Å². The number of anilines is 1. The van der Waals surface area contributed by atoms with E-state index in [1.165, 1.54) is 4.90 Å². The topological polar surface area (TPSA) is 55.8 Å². The van der Waals surface area contributed by atoms with Crippen LogP contribution in [0.5, 0.6) is 5.75 Å². The van der Waals surface area contributed by atoms with E-state index in [2.05, 4.69) is 15.9 Å². The second-order valence-electron chi connectivity index (χ2n) is 5.89. The lowest BCUT2D eigenvalue weighted by molar-refractivity contribution is -0.145. The van der Waals surface area contributed by atoms with E-state index >= 15 is 0 Å². The lowest BCUT2D eigenvalue weighted by Crippen LogP contribution is -2.27. The molecular weight excluding hydrogens is 533 g/mol. The van der Waals surface area contributed by atoms with Gasteiger partial charge < -0.3 is 9.47 Å². The highest BCUT2D eigenvalue weighted by Gasteiger charge is 2.33. The van der Waals surface area contributed by atoms with Gasteiger partial charge in [0.05, 0.1) is 27.2 Å². The summed E-state index contributed by atoms with van der Waals surface area (Å²) in [6.45, 7) is 1.76. The fourth-order valence-corrected chi connectivity index (χ4v) is 4.52. The van der Waals surface area contributed by atoms with Crippen LogP contribution >= 0.6 is 63.1 Å². The predicted octanol–water partition coefficient (Wildman–Crippen LogP) is 6.10. The summed E-state index contributed by atoms with van der Waals surface area (Å²) in [6, 6.07) is 10.1. The van der Waals surface area contributed by atoms with Crippen LogP contribution in [0.15, 0.2) is 45.8 Å². The molecule has 0 bridgehead atoms. The number of ether oxygens (including phenoxy) is 2. The molecule has 1 aliphatic rings. The van der Waals surface area contributed by atoms with Crippen molar-refractivity contribution in [1.29, 1.82) is 0 Å². The number of rotatable bonds is 6. The van der Waals surface area contributed by atoms with Crippen molar-refractivity contribution in [3.05, 3.63) is 61.4 Å². The molecule has 0 radical (unpaired) electrons. The van der Waals surface area contributed by atoms with E-state index in [4.69, 9.17) is 44.9 Å². The number of hydrogen-bond donors (Lipinski definition) is 0. The molecule has 10 heteroatoms. The number of carbonyl (C=O) groups is 2. The van der Waals surface area contributed by atoms with Crippen molar-refractivity contribution in [3.63, 3.8) is 0 Å². The van der Waals surface area contributed by atoms with Crippen molar-refractivity contribution in [2.45, 2.75) is 6.92 Å². The molecule has 0 aliphatic carbocycles. The Bertz CT molecular complexity index is 1060. The molecule has 156 valence electrons. The highest BCUT2D eigenvalue weighted by atomic mass is 79.9. The molecule has 0 saturated carbocycles. The summed E-state index contributed by atoms with van der Waals surface area (Å²) in [7, 11) is 0. The average molecular weight is 547 g/mol. The molecule has 0 N–H and O–H groups in total. The Morgan fingerprint density at radius 1 is 1.23 bits per heavy atom. The summed E-state index contributed by atoms with van der Waals surface area (Å²) in [5.74, 6) is -0.330. The number of esters is 1. The SMILES string of the molecule is CCOC(=O)COc1ccc(Br)cc1/C=C1\SC(=S)N(c2ccc(Cl)c(Cl)c2)C1=O. The van der Waals surface area contributed by atoms with Gasteiger partial charge in [-0.15, -0.1) is 0 Å². The van der Waals surface area contributed by atoms with Crippen LogP contribution < -0.4 is 9.64 Å². The van der Waals surface area contributed by atoms with Crippen molar-refractivity contribution >= 4 is 91.1 Å². The third-order valence-electron chi connectivity index (χ3n) is 3.86. The third kappa shape index (κ3) is 5.36. The van der Waals surface area contributed by atoms with Gasteiger partial charge in [0.25, 0.3) is 5.91 Å². The number of thioether (sulfide) groups is 1. The van der Waals surface area contributed by atoms with Gasteiger partial charge in [0.15, 0.2) is 10.9 Å². The van der Waals surface area contributed by atoms with E-state index in [0.29, 0.717) is 36.3 Å². The Kier molecular flexibility index (Phi) is 7.81. The van der Waals surface area contributed by atoms with Gasteiger partial charge in [0.1, 0.15) is 5.75 Å². The van der Waals surface area contributed by atoms with Crippen molar-refractivity contribution in [2.24, 2.45) is 0 Å². The fourth-order valence-electron chi connectivity index (χ4n) is 2.56. The summed E-state index contributed by atoms with van der Waals surface area (Å²) < 4.78 is 11.6. The second-order valence-corrected chi connectivity index (χ2v) is 9.30. The van der Waals surface area contributed by atoms with Crippen LogP contribution in [0.2, 0.25) is 10.0 Å². The molecular formula is C20H14BrCl2NO4S2. The molecule has 0 atom stereocenters. The zero-order valence-electron chi connectivity index (χ0n) is 15.5. The quantitative estimate of drug-likeness (QED) is 0.248. The van der Waals surface area contributed by atoms with Crippen LogP contribution in [-0.2, 0) is 14.3 Å². The zero-order valence-corrected chi connectivity index (χ0v) is 20.2. The molecule has 0 unspecified atom stereocenters. The van der Waals surface area contributed by atoms with Crippen LogP contribution in [0.1, 0.15) is 12.5 Å². The van der Waals surface area contributed by atoms with Gasteiger partial charge in [-0.2, -0.15) is 0 Å². The van der Waals surface area contributed by atoms with E-state index in [1.807, 2.05) is 0 Å². The standard InChI is InChI=1S/C20H14BrCl2NO4S2/c1-2-27-18(25)10-28-16-6-3-12(21)7-11(16)8-17-19(26)24(20(29)30-17)13-4-5-14(22)15(23)9-13/h3-9H,2,10H2,1H3/b17-8-. The molecule has 30 heavy (non-hydrogen) atoms. The Balaban J connectivity index is 1.88. The fraction of sp³-hybridized carbons (Fsp3) is 0.150. The molecule has 2 aromatic rings. The minimum Gasteiger partial charge on any atom is -0.481 e. The number of carbonyl (C=O) groups excluding carboxylic acids is 2. The highest BCUT2D eigenvalue weighted by molar-refractivity contribution is 9.10. The normalized spacial score (nSPS) is 15.1. The van der Waals surface area contributed by atoms with Crippen LogP contribution in [0, 0.1) is 0 Å². The van der Waals surface area contributed by atoms with E-state index in [1.54, 1.807) is 49.4 Å². The average Bonchev–Trinajstić information content (AvgIpc) is 2.97. The van der Waals surface area contributed by atoms with Gasteiger partial charge in [0, 0.05) is 10.0 Å². The minimum atomic E-state index is -0.475. The summed E-state index contributed by atoms with van der Waals surface area (Å²) in [5.41, 5.74) is 1.15. The predicted molar refractivity (Wildman–Crippen MR) is 128 cm³/mol. The number of amides is 1. The Labute approximate surface area is 201 Å². The van der Waals surface area contributed by atoms with E-state index in [0.717, 1.165) is 16.2 Å². The molecule has 0 aromatic heterocycles. The van der Waals surface area contributed by atoms with Crippen molar-refractivity contribution < 1.29 is 19.1 Å². The number of benzene rings is 2. The maximum Gasteiger partial charge on any atom is 0.344 e. The molecule has 1 amide bonds. The molecule has 1 fully saturated rings. The lowest BCUT2D eigenvalue weighted by Gasteiger charge is -2.15. The Morgan fingerprint density at radius 3 is 2.70 bits per heavy atom. The summed E-state index contributed by atoms with van der Waals surface area (Å²) >= 11 is 22.0. The Hall–Kier alpha value is -1.58. The first-order valence-electron chi connectivity index (χ1n) is 8.61. The molecule has 1 heterocycles. The summed E-state index contributed by atoms with van der Waals surface area (Å²) in [5, 5.41) is 0.716. The molecule has 0 spiro atoms. The van der Waals surface area contributed by atoms with Crippen molar-refractivity contribution in [3.8, 4) is 5.75 Å². The molecule has 1 aliphatic heterocycles. The maximum atomic E-state index is 13.0. The van der Waals surface area contributed by atoms with Gasteiger partial charge in [-0.1, -0.05) is 63.1 Å². The largest absolute Gasteiger partial charge is 0.481 e. The van der Waals surface area contributed by atoms with Crippen LogP contribution in [0.4, 0.5) is 5.69 Å². The zero-order chi connectivity index (χ0) is 21.8. The van der Waals surface area contributed by atoms with Crippen molar-refractivity contribution in [2.75, 3.05) is 18.1 Å². The van der Waals surface area contributed by atoms with Gasteiger partial charge in [-0.3, -0.25) is 9.69 Å². The van der Waals surface area contributed by atoms with Crippen LogP contribution in [0.3, 0.4) is 0 Å². The smallest absolute Gasteiger partial charge is 0.344 e. The second kappa shape index (κ2) is 10.2. The summed E-state index contributed by atoms with van der Waals surface area (Å²) in [6.07, 6.45) is 1.67. The number of halogens is 3. The number of thiocarbonyl (C=S) groups is 1. The third-order valence-corrected chi connectivity index (χ3v) is 6.40. The molecule has 3 rings (SSSR count). The number of hydrogen-bond acceptors (Lipinski definition) is 6. The van der Waals surface area contributed by atoms with Crippen LogP contribution in [0.25, 0.3) is 6.08 Å². The first-order valence-corrected chi connectivity index (χ1v) is 11.4. The number of nitrogens with zero attached hydrogens (tertiary/aromatic N) is 1. The highest BCUT2D eigenvalue weighted by Crippen LogP contribution is 2.39. The molecule has 5 nitrogen and oxygen atoms in total. The first kappa shape index (κ1) is 23.1. The van der Waals surface area contributed by atoms with Crippen LogP contribution in [-0.4, -0.2) is 29.4 Å². The lowest BCUT2D eigenvalue weighted by atomic mass is 10.2. The van der Waals surface area contributed by atoms with Gasteiger partial charge in [0.2, 0.25) is 0 Å². The van der Waals surface area contributed by atoms with Gasteiger partial charge >= 0.3 is 5.97 Å². The van der Waals surface area contributed by atoms with E-state index in [-0.39, 0.29) is 19.1 Å². The first-order chi connectivity index (χ1) is 14.3. The minimum absolute atomic E-state index is 0.236. The van der Waals surface area contributed by atoms with Gasteiger partial charge in [-0.25, -0.2) is 4.79 Å². The van der Waals surface area contributed by atoms with E-state index < -0.39 is 5.97 Å². The monoisotopic (exact) mass is 545 g/mol. The van der Waals surface area contributed by atoms with Gasteiger partial charge in [-0.05, 0) is 49.4 Å². The molecule has 1 saturated heterocycles.